The molecule has 0 fully saturated rings. The van der Waals surface area contributed by atoms with Gasteiger partial charge in [0.05, 0.1) is 5.75 Å². The van der Waals surface area contributed by atoms with Crippen LogP contribution in [0, 0.1) is 0 Å². The van der Waals surface area contributed by atoms with Crippen molar-refractivity contribution in [2.75, 3.05) is 17.9 Å². The number of sulfone groups is 1. The van der Waals surface area contributed by atoms with E-state index in [0.29, 0.717) is 17.2 Å². The zero-order valence-electron chi connectivity index (χ0n) is 16.9. The van der Waals surface area contributed by atoms with Crippen molar-refractivity contribution >= 4 is 32.6 Å². The molecular weight excluding hydrogens is 430 g/mol. The van der Waals surface area contributed by atoms with E-state index in [1.807, 2.05) is 0 Å². The summed E-state index contributed by atoms with van der Waals surface area (Å²) >= 11 is 0. The van der Waals surface area contributed by atoms with Crippen molar-refractivity contribution in [1.82, 2.24) is 18.7 Å². The quantitative estimate of drug-likeness (QED) is 0.549. The predicted molar refractivity (Wildman–Crippen MR) is 109 cm³/mol. The molecule has 0 bridgehead atoms. The number of benzene rings is 1. The highest BCUT2D eigenvalue weighted by molar-refractivity contribution is 7.91. The van der Waals surface area contributed by atoms with Gasteiger partial charge in [0, 0.05) is 39.3 Å². The first-order chi connectivity index (χ1) is 14.6. The fourth-order valence-electron chi connectivity index (χ4n) is 3.35. The van der Waals surface area contributed by atoms with Crippen molar-refractivity contribution in [1.29, 1.82) is 0 Å². The van der Waals surface area contributed by atoms with Crippen LogP contribution in [0.25, 0.3) is 11.2 Å². The molecule has 0 atom stereocenters. The van der Waals surface area contributed by atoms with Crippen LogP contribution in [0.3, 0.4) is 0 Å². The third kappa shape index (κ3) is 3.46. The van der Waals surface area contributed by atoms with Crippen LogP contribution in [0.15, 0.2) is 32.9 Å². The maximum atomic E-state index is 12.8. The zero-order chi connectivity index (χ0) is 22.5. The summed E-state index contributed by atoms with van der Waals surface area (Å²) in [5, 5.41) is 2.21. The molecule has 3 heterocycles. The molecule has 31 heavy (non-hydrogen) atoms. The van der Waals surface area contributed by atoms with Crippen molar-refractivity contribution in [2.24, 2.45) is 21.1 Å². The summed E-state index contributed by atoms with van der Waals surface area (Å²) in [6, 6.07) is 4.83. The number of hydrogen-bond donors (Lipinski definition) is 1. The molecule has 1 aliphatic rings. The zero-order valence-corrected chi connectivity index (χ0v) is 17.7. The van der Waals surface area contributed by atoms with Crippen LogP contribution in [0.2, 0.25) is 0 Å². The smallest absolute Gasteiger partial charge is 0.332 e. The number of fused-ring (bicyclic) bond motifs is 2. The molecule has 3 aromatic rings. The number of carbonyl (C=O) groups is 1. The minimum absolute atomic E-state index is 0.0801. The van der Waals surface area contributed by atoms with E-state index in [-0.39, 0.29) is 24.4 Å². The fourth-order valence-corrected chi connectivity index (χ4v) is 4.72. The monoisotopic (exact) mass is 449 g/mol. The van der Waals surface area contributed by atoms with Crippen LogP contribution < -0.4 is 26.0 Å². The Morgan fingerprint density at radius 1 is 1.10 bits per heavy atom. The van der Waals surface area contributed by atoms with Gasteiger partial charge in [-0.3, -0.25) is 18.7 Å². The number of anilines is 1. The second-order valence-corrected chi connectivity index (χ2v) is 9.02. The summed E-state index contributed by atoms with van der Waals surface area (Å²) < 4.78 is 39.3. The summed E-state index contributed by atoms with van der Waals surface area (Å²) in [5.74, 6) is -0.0146. The molecule has 2 aromatic heterocycles. The van der Waals surface area contributed by atoms with E-state index in [4.69, 9.17) is 9.47 Å². The van der Waals surface area contributed by atoms with E-state index in [2.05, 4.69) is 10.3 Å². The van der Waals surface area contributed by atoms with Crippen molar-refractivity contribution in [3.8, 4) is 11.5 Å². The largest absolute Gasteiger partial charge is 0.454 e. The van der Waals surface area contributed by atoms with Gasteiger partial charge >= 0.3 is 5.69 Å². The number of aromatic nitrogens is 4. The van der Waals surface area contributed by atoms with Gasteiger partial charge in [-0.15, -0.1) is 0 Å². The highest BCUT2D eigenvalue weighted by Gasteiger charge is 2.26. The van der Waals surface area contributed by atoms with E-state index in [1.165, 1.54) is 25.7 Å². The molecule has 1 aromatic carbocycles. The lowest BCUT2D eigenvalue weighted by molar-refractivity contribution is -0.115. The molecular formula is C18H19N5O7S. The van der Waals surface area contributed by atoms with Gasteiger partial charge in [-0.05, 0) is 12.1 Å². The van der Waals surface area contributed by atoms with Gasteiger partial charge in [-0.25, -0.2) is 18.2 Å². The van der Waals surface area contributed by atoms with Gasteiger partial charge in [0.2, 0.25) is 27.7 Å². The number of imidazole rings is 1. The van der Waals surface area contributed by atoms with E-state index < -0.39 is 37.9 Å². The second-order valence-electron chi connectivity index (χ2n) is 7.02. The van der Waals surface area contributed by atoms with Crippen LogP contribution in [0.1, 0.15) is 6.42 Å². The minimum atomic E-state index is -4.03. The Morgan fingerprint density at radius 2 is 1.81 bits per heavy atom. The first-order valence-corrected chi connectivity index (χ1v) is 10.8. The van der Waals surface area contributed by atoms with Crippen LogP contribution in [-0.4, -0.2) is 45.6 Å². The molecule has 1 N–H and O–H groups in total. The highest BCUT2D eigenvalue weighted by atomic mass is 32.2. The molecule has 12 nitrogen and oxygen atoms in total. The van der Waals surface area contributed by atoms with Gasteiger partial charge in [0.15, 0.2) is 22.7 Å². The first kappa shape index (κ1) is 20.7. The third-order valence-electron chi connectivity index (χ3n) is 4.96. The number of amides is 1. The first-order valence-electron chi connectivity index (χ1n) is 9.15. The van der Waals surface area contributed by atoms with Gasteiger partial charge < -0.3 is 19.4 Å². The number of nitrogens with one attached hydrogen (secondary N) is 1. The number of carbonyl (C=O) groups excluding carboxylic acids is 1. The van der Waals surface area contributed by atoms with Crippen molar-refractivity contribution in [3.63, 3.8) is 0 Å². The Balaban J connectivity index is 1.56. The second kappa shape index (κ2) is 7.27. The minimum Gasteiger partial charge on any atom is -0.454 e. The molecule has 0 aliphatic carbocycles. The molecule has 1 amide bonds. The summed E-state index contributed by atoms with van der Waals surface area (Å²) in [4.78, 5) is 40.7. The Bertz CT molecular complexity index is 1450. The molecule has 0 unspecified atom stereocenters. The number of nitrogens with zero attached hydrogens (tertiary/aromatic N) is 4. The number of aryl methyl sites for hydroxylation is 2. The van der Waals surface area contributed by atoms with E-state index >= 15 is 0 Å². The number of rotatable bonds is 5. The SMILES string of the molecule is Cn1c(=O)c2nc(S(=O)(=O)CCC(=O)Nc3ccc4c(c3)OCO4)n(C)c2n(C)c1=O. The molecule has 0 spiro atoms. The molecule has 0 radical (unpaired) electrons. The lowest BCUT2D eigenvalue weighted by Gasteiger charge is -2.08. The summed E-state index contributed by atoms with van der Waals surface area (Å²) in [7, 11) is 0.0733. The third-order valence-corrected chi connectivity index (χ3v) is 6.62. The number of hydrogen-bond acceptors (Lipinski definition) is 8. The predicted octanol–water partition coefficient (Wildman–Crippen LogP) is -0.498. The maximum Gasteiger partial charge on any atom is 0.332 e. The molecule has 164 valence electrons. The average molecular weight is 449 g/mol. The van der Waals surface area contributed by atoms with E-state index in [0.717, 1.165) is 9.13 Å². The lowest BCUT2D eigenvalue weighted by atomic mass is 10.2. The van der Waals surface area contributed by atoms with Crippen molar-refractivity contribution < 1.29 is 22.7 Å². The van der Waals surface area contributed by atoms with Gasteiger partial charge in [0.1, 0.15) is 0 Å². The molecule has 1 aliphatic heterocycles. The Morgan fingerprint density at radius 3 is 2.55 bits per heavy atom. The summed E-state index contributed by atoms with van der Waals surface area (Å²) in [6.45, 7) is 0.0949. The summed E-state index contributed by atoms with van der Waals surface area (Å²) in [5.41, 5.74) is -0.928. The molecule has 13 heteroatoms. The Labute approximate surface area is 175 Å². The molecule has 0 saturated carbocycles. The Hall–Kier alpha value is -3.61. The van der Waals surface area contributed by atoms with Crippen LogP contribution in [-0.2, 0) is 35.8 Å². The van der Waals surface area contributed by atoms with Crippen molar-refractivity contribution in [2.45, 2.75) is 11.6 Å². The topological polar surface area (TPSA) is 144 Å². The van der Waals surface area contributed by atoms with Crippen molar-refractivity contribution in [3.05, 3.63) is 39.0 Å². The summed E-state index contributed by atoms with van der Waals surface area (Å²) in [6.07, 6.45) is -0.336. The fraction of sp³-hybridized carbons (Fsp3) is 0.333. The van der Waals surface area contributed by atoms with Crippen LogP contribution in [0.5, 0.6) is 11.5 Å². The van der Waals surface area contributed by atoms with Gasteiger partial charge in [-0.2, -0.15) is 0 Å². The standard InChI is InChI=1S/C18H19N5O7S/c1-21-15-14(16(25)23(3)18(26)22(15)2)20-17(21)31(27,28)7-6-13(24)19-10-4-5-11-12(8-10)30-9-29-11/h4-5,8H,6-7,9H2,1-3H3,(H,19,24). The Kier molecular flexibility index (Phi) is 4.84. The molecule has 4 rings (SSSR count). The maximum absolute atomic E-state index is 12.8. The lowest BCUT2D eigenvalue weighted by Crippen LogP contribution is -2.37. The van der Waals surface area contributed by atoms with Gasteiger partial charge in [-0.1, -0.05) is 0 Å². The van der Waals surface area contributed by atoms with E-state index in [9.17, 15) is 22.8 Å². The molecule has 0 saturated heterocycles. The average Bonchev–Trinajstić information content (AvgIpc) is 3.33. The normalized spacial score (nSPS) is 13.0. The van der Waals surface area contributed by atoms with Gasteiger partial charge in [0.25, 0.3) is 5.56 Å². The number of ether oxygens (including phenoxy) is 2. The van der Waals surface area contributed by atoms with Crippen LogP contribution >= 0.6 is 0 Å². The van der Waals surface area contributed by atoms with Crippen LogP contribution in [0.4, 0.5) is 5.69 Å². The van der Waals surface area contributed by atoms with E-state index in [1.54, 1.807) is 18.2 Å². The highest BCUT2D eigenvalue weighted by Crippen LogP contribution is 2.34.